The number of amides is 2. The van der Waals surface area contributed by atoms with Gasteiger partial charge in [-0.2, -0.15) is 0 Å². The summed E-state index contributed by atoms with van der Waals surface area (Å²) in [6.07, 6.45) is 1.66. The van der Waals surface area contributed by atoms with Crippen LogP contribution in [0.15, 0.2) is 24.3 Å². The van der Waals surface area contributed by atoms with Crippen molar-refractivity contribution in [2.24, 2.45) is 11.8 Å². The van der Waals surface area contributed by atoms with Gasteiger partial charge in [-0.15, -0.1) is 0 Å². The van der Waals surface area contributed by atoms with E-state index in [1.54, 1.807) is 7.11 Å². The molecule has 1 aromatic carbocycles. The monoisotopic (exact) mass is 416 g/mol. The molecule has 2 fully saturated rings. The Morgan fingerprint density at radius 2 is 1.67 bits per heavy atom. The van der Waals surface area contributed by atoms with E-state index in [4.69, 9.17) is 4.74 Å². The number of para-hydroxylation sites is 2. The topological polar surface area (TPSA) is 65.1 Å². The number of rotatable bonds is 7. The molecule has 0 radical (unpaired) electrons. The normalized spacial score (nSPS) is 23.2. The third-order valence-electron chi connectivity index (χ3n) is 6.08. The van der Waals surface area contributed by atoms with Crippen LogP contribution in [-0.4, -0.2) is 86.0 Å². The summed E-state index contributed by atoms with van der Waals surface area (Å²) in [5.74, 6) is 2.11. The van der Waals surface area contributed by atoms with Gasteiger partial charge in [-0.1, -0.05) is 26.0 Å². The van der Waals surface area contributed by atoms with Crippen LogP contribution in [0.3, 0.4) is 0 Å². The average molecular weight is 417 g/mol. The summed E-state index contributed by atoms with van der Waals surface area (Å²) in [6, 6.07) is 7.44. The number of piperidine rings is 1. The number of nitrogens with zero attached hydrogens (tertiary/aromatic N) is 3. The number of methoxy groups -OCH3 is 1. The Balaban J connectivity index is 1.36. The van der Waals surface area contributed by atoms with E-state index in [0.717, 1.165) is 45.8 Å². The van der Waals surface area contributed by atoms with Gasteiger partial charge in [-0.05, 0) is 30.4 Å². The molecule has 1 aromatic rings. The molecule has 7 heteroatoms. The van der Waals surface area contributed by atoms with Crippen LogP contribution in [0, 0.1) is 11.8 Å². The van der Waals surface area contributed by atoms with E-state index in [-0.39, 0.29) is 11.8 Å². The van der Waals surface area contributed by atoms with E-state index in [0.29, 0.717) is 36.2 Å². The molecule has 3 rings (SSSR count). The van der Waals surface area contributed by atoms with Gasteiger partial charge in [0, 0.05) is 52.2 Å². The van der Waals surface area contributed by atoms with Crippen LogP contribution in [-0.2, 0) is 9.59 Å². The zero-order chi connectivity index (χ0) is 21.5. The third-order valence-corrected chi connectivity index (χ3v) is 6.08. The van der Waals surface area contributed by atoms with Crippen LogP contribution >= 0.6 is 0 Å². The molecule has 2 aliphatic rings. The van der Waals surface area contributed by atoms with Crippen molar-refractivity contribution >= 4 is 17.5 Å². The van der Waals surface area contributed by atoms with Gasteiger partial charge in [-0.25, -0.2) is 0 Å². The van der Waals surface area contributed by atoms with E-state index in [2.05, 4.69) is 29.0 Å². The second-order valence-electron chi connectivity index (χ2n) is 8.86. The highest BCUT2D eigenvalue weighted by molar-refractivity contribution is 5.92. The maximum absolute atomic E-state index is 12.7. The van der Waals surface area contributed by atoms with Crippen LogP contribution in [0.4, 0.5) is 5.69 Å². The Bertz CT molecular complexity index is 708. The number of likely N-dealkylation sites (tertiary alicyclic amines) is 1. The largest absolute Gasteiger partial charge is 0.495 e. The first-order chi connectivity index (χ1) is 14.4. The number of benzene rings is 1. The zero-order valence-corrected chi connectivity index (χ0v) is 18.6. The summed E-state index contributed by atoms with van der Waals surface area (Å²) >= 11 is 0. The van der Waals surface area contributed by atoms with Crippen molar-refractivity contribution in [2.75, 3.05) is 64.8 Å². The first kappa shape index (κ1) is 22.6. The number of anilines is 1. The van der Waals surface area contributed by atoms with Gasteiger partial charge in [0.15, 0.2) is 0 Å². The molecule has 2 heterocycles. The highest BCUT2D eigenvalue weighted by Gasteiger charge is 2.27. The van der Waals surface area contributed by atoms with Crippen LogP contribution < -0.4 is 10.1 Å². The first-order valence-corrected chi connectivity index (χ1v) is 11.1. The minimum Gasteiger partial charge on any atom is -0.495 e. The summed E-state index contributed by atoms with van der Waals surface area (Å²) in [7, 11) is 1.60. The lowest BCUT2D eigenvalue weighted by atomic mass is 9.92. The van der Waals surface area contributed by atoms with Gasteiger partial charge in [-0.3, -0.25) is 14.5 Å². The third kappa shape index (κ3) is 6.44. The lowest BCUT2D eigenvalue weighted by molar-refractivity contribution is -0.135. The van der Waals surface area contributed by atoms with Crippen molar-refractivity contribution in [2.45, 2.75) is 26.7 Å². The molecule has 30 heavy (non-hydrogen) atoms. The number of piperazine rings is 1. The van der Waals surface area contributed by atoms with Crippen molar-refractivity contribution in [3.63, 3.8) is 0 Å². The van der Waals surface area contributed by atoms with Crippen LogP contribution in [0.25, 0.3) is 0 Å². The van der Waals surface area contributed by atoms with Gasteiger partial charge in [0.1, 0.15) is 5.75 Å². The first-order valence-electron chi connectivity index (χ1n) is 11.1. The molecule has 0 saturated carbocycles. The predicted molar refractivity (Wildman–Crippen MR) is 119 cm³/mol. The molecular formula is C23H36N4O3. The van der Waals surface area contributed by atoms with Gasteiger partial charge in [0.05, 0.1) is 19.3 Å². The predicted octanol–water partition coefficient (Wildman–Crippen LogP) is 2.15. The number of carbonyl (C=O) groups is 2. The lowest BCUT2D eigenvalue weighted by Gasteiger charge is -2.38. The molecule has 2 aliphatic heterocycles. The van der Waals surface area contributed by atoms with Crippen LogP contribution in [0.1, 0.15) is 26.7 Å². The SMILES string of the molecule is COc1ccccc1NC(=O)CCN1CCN(CC(=O)N2CC(C)CC(C)C2)CC1. The molecule has 1 N–H and O–H groups in total. The molecule has 166 valence electrons. The summed E-state index contributed by atoms with van der Waals surface area (Å²) in [4.78, 5) is 31.6. The van der Waals surface area contributed by atoms with Crippen molar-refractivity contribution in [3.8, 4) is 5.75 Å². The van der Waals surface area contributed by atoms with Gasteiger partial charge < -0.3 is 19.9 Å². The maximum Gasteiger partial charge on any atom is 0.236 e. The summed E-state index contributed by atoms with van der Waals surface area (Å²) in [5.41, 5.74) is 0.703. The van der Waals surface area contributed by atoms with Crippen molar-refractivity contribution in [3.05, 3.63) is 24.3 Å². The molecular weight excluding hydrogens is 380 g/mol. The van der Waals surface area contributed by atoms with Crippen molar-refractivity contribution in [1.29, 1.82) is 0 Å². The molecule has 2 unspecified atom stereocenters. The van der Waals surface area contributed by atoms with Crippen molar-refractivity contribution < 1.29 is 14.3 Å². The molecule has 2 saturated heterocycles. The van der Waals surface area contributed by atoms with Gasteiger partial charge in [0.25, 0.3) is 0 Å². The molecule has 0 aliphatic carbocycles. The summed E-state index contributed by atoms with van der Waals surface area (Å²) in [5, 5.41) is 2.93. The maximum atomic E-state index is 12.7. The number of ether oxygens (including phenoxy) is 1. The number of hydrogen-bond donors (Lipinski definition) is 1. The Labute approximate surface area is 180 Å². The quantitative estimate of drug-likeness (QED) is 0.738. The van der Waals surface area contributed by atoms with Crippen LogP contribution in [0.2, 0.25) is 0 Å². The Kier molecular flexibility index (Phi) is 8.10. The molecule has 7 nitrogen and oxygen atoms in total. The Hall–Kier alpha value is -2.12. The highest BCUT2D eigenvalue weighted by Crippen LogP contribution is 2.23. The second kappa shape index (κ2) is 10.8. The molecule has 2 atom stereocenters. The fraction of sp³-hybridized carbons (Fsp3) is 0.652. The molecule has 0 aromatic heterocycles. The fourth-order valence-electron chi connectivity index (χ4n) is 4.55. The minimum absolute atomic E-state index is 0.00885. The summed E-state index contributed by atoms with van der Waals surface area (Å²) < 4.78 is 5.28. The minimum atomic E-state index is -0.00885. The fourth-order valence-corrected chi connectivity index (χ4v) is 4.55. The lowest BCUT2D eigenvalue weighted by Crippen LogP contribution is -2.52. The van der Waals surface area contributed by atoms with E-state index in [1.807, 2.05) is 29.2 Å². The van der Waals surface area contributed by atoms with E-state index < -0.39 is 0 Å². The van der Waals surface area contributed by atoms with Gasteiger partial charge >= 0.3 is 0 Å². The zero-order valence-electron chi connectivity index (χ0n) is 18.6. The molecule has 0 spiro atoms. The highest BCUT2D eigenvalue weighted by atomic mass is 16.5. The van der Waals surface area contributed by atoms with E-state index in [1.165, 1.54) is 6.42 Å². The van der Waals surface area contributed by atoms with Gasteiger partial charge in [0.2, 0.25) is 11.8 Å². The average Bonchev–Trinajstić information content (AvgIpc) is 2.73. The van der Waals surface area contributed by atoms with Crippen LogP contribution in [0.5, 0.6) is 5.75 Å². The Morgan fingerprint density at radius 3 is 2.33 bits per heavy atom. The van der Waals surface area contributed by atoms with Crippen molar-refractivity contribution in [1.82, 2.24) is 14.7 Å². The number of nitrogens with one attached hydrogen (secondary N) is 1. The van der Waals surface area contributed by atoms with E-state index in [9.17, 15) is 9.59 Å². The van der Waals surface area contributed by atoms with E-state index >= 15 is 0 Å². The Morgan fingerprint density at radius 1 is 1.03 bits per heavy atom. The number of hydrogen-bond acceptors (Lipinski definition) is 5. The number of carbonyl (C=O) groups excluding carboxylic acids is 2. The molecule has 0 bridgehead atoms. The molecule has 2 amide bonds. The second-order valence-corrected chi connectivity index (χ2v) is 8.86. The smallest absolute Gasteiger partial charge is 0.236 e. The summed E-state index contributed by atoms with van der Waals surface area (Å²) in [6.45, 7) is 11.0. The standard InChI is InChI=1S/C23H36N4O3/c1-18-14-19(2)16-27(15-18)23(29)17-26-12-10-25(11-13-26)9-8-22(28)24-20-6-4-5-7-21(20)30-3/h4-7,18-19H,8-17H2,1-3H3,(H,24,28).